The average Bonchev–Trinajstić information content (AvgIpc) is 2.17. The maximum atomic E-state index is 11.6. The van der Waals surface area contributed by atoms with Crippen molar-refractivity contribution in [2.45, 2.75) is 0 Å². The Bertz CT molecular complexity index is 478. The average molecular weight is 182 g/mol. The molecule has 2 rings (SSSR count). The fourth-order valence-electron chi connectivity index (χ4n) is 1.17. The number of Topliss-reactive ketones (excluding diaryl/α,β-unsaturated/α-hetero) is 1. The number of nitrogens with zero attached hydrogens (tertiary/aromatic N) is 2. The van der Waals surface area contributed by atoms with Gasteiger partial charge in [0.1, 0.15) is 17.5 Å². The third-order valence-electron chi connectivity index (χ3n) is 1.90. The van der Waals surface area contributed by atoms with E-state index in [-0.39, 0.29) is 5.78 Å². The zero-order chi connectivity index (χ0) is 9.97. The van der Waals surface area contributed by atoms with Crippen LogP contribution >= 0.6 is 0 Å². The molecule has 1 heterocycles. The highest BCUT2D eigenvalue weighted by atomic mass is 16.1. The molecule has 3 heteroatoms. The highest BCUT2D eigenvalue weighted by molar-refractivity contribution is 6.51. The zero-order valence-corrected chi connectivity index (χ0v) is 7.27. The number of aliphatic imine (C=N–C) groups is 1. The van der Waals surface area contributed by atoms with Gasteiger partial charge in [-0.1, -0.05) is 30.3 Å². The number of allylic oxidation sites excluding steroid dienone is 2. The van der Waals surface area contributed by atoms with Crippen molar-refractivity contribution < 1.29 is 4.79 Å². The lowest BCUT2D eigenvalue weighted by Crippen LogP contribution is -2.17. The van der Waals surface area contributed by atoms with E-state index < -0.39 is 0 Å². The number of carbonyl (C=O) groups is 1. The van der Waals surface area contributed by atoms with Crippen molar-refractivity contribution in [3.63, 3.8) is 0 Å². The summed E-state index contributed by atoms with van der Waals surface area (Å²) in [5.74, 6) is -0.135. The maximum Gasteiger partial charge on any atom is 0.211 e. The number of hydrogen-bond donors (Lipinski definition) is 0. The first-order valence-corrected chi connectivity index (χ1v) is 4.11. The number of nitriles is 1. The van der Waals surface area contributed by atoms with Crippen LogP contribution in [0.15, 0.2) is 47.1 Å². The molecule has 1 aliphatic heterocycles. The van der Waals surface area contributed by atoms with E-state index in [1.807, 2.05) is 12.1 Å². The number of ketones is 1. The first-order valence-electron chi connectivity index (χ1n) is 4.11. The molecule has 0 saturated heterocycles. The van der Waals surface area contributed by atoms with Crippen LogP contribution in [0.2, 0.25) is 0 Å². The van der Waals surface area contributed by atoms with Crippen molar-refractivity contribution in [1.29, 1.82) is 5.26 Å². The molecule has 0 fully saturated rings. The quantitative estimate of drug-likeness (QED) is 0.654. The SMILES string of the molecule is N#CC1=CC(C(=O)c2ccccc2)=N1. The summed E-state index contributed by atoms with van der Waals surface area (Å²) in [4.78, 5) is 15.4. The van der Waals surface area contributed by atoms with E-state index >= 15 is 0 Å². The molecule has 0 radical (unpaired) electrons. The van der Waals surface area contributed by atoms with E-state index in [1.165, 1.54) is 6.08 Å². The molecule has 0 aromatic heterocycles. The number of hydrogen-bond acceptors (Lipinski definition) is 3. The summed E-state index contributed by atoms with van der Waals surface area (Å²) in [6.45, 7) is 0. The monoisotopic (exact) mass is 182 g/mol. The van der Waals surface area contributed by atoms with Gasteiger partial charge in [0, 0.05) is 11.6 Å². The van der Waals surface area contributed by atoms with Gasteiger partial charge in [-0.25, -0.2) is 4.99 Å². The van der Waals surface area contributed by atoms with Crippen LogP contribution in [0.5, 0.6) is 0 Å². The molecule has 0 unspecified atom stereocenters. The van der Waals surface area contributed by atoms with Gasteiger partial charge in [-0.05, 0) is 0 Å². The summed E-state index contributed by atoms with van der Waals surface area (Å²) < 4.78 is 0. The second-order valence-corrected chi connectivity index (χ2v) is 2.83. The molecule has 0 atom stereocenters. The third kappa shape index (κ3) is 1.34. The largest absolute Gasteiger partial charge is 0.287 e. The van der Waals surface area contributed by atoms with Crippen molar-refractivity contribution in [3.05, 3.63) is 47.7 Å². The van der Waals surface area contributed by atoms with Crippen LogP contribution in [0, 0.1) is 11.3 Å². The van der Waals surface area contributed by atoms with Crippen molar-refractivity contribution >= 4 is 11.5 Å². The van der Waals surface area contributed by atoms with Gasteiger partial charge in [0.2, 0.25) is 5.78 Å². The van der Waals surface area contributed by atoms with Crippen LogP contribution in [-0.2, 0) is 0 Å². The van der Waals surface area contributed by atoms with E-state index in [0.717, 1.165) is 0 Å². The summed E-state index contributed by atoms with van der Waals surface area (Å²) in [6, 6.07) is 10.7. The van der Waals surface area contributed by atoms with Crippen molar-refractivity contribution in [2.24, 2.45) is 4.99 Å². The Hall–Kier alpha value is -2.21. The number of benzene rings is 1. The molecule has 0 spiro atoms. The second-order valence-electron chi connectivity index (χ2n) is 2.83. The Balaban J connectivity index is 2.18. The smallest absolute Gasteiger partial charge is 0.211 e. The molecular weight excluding hydrogens is 176 g/mol. The van der Waals surface area contributed by atoms with Crippen molar-refractivity contribution in [1.82, 2.24) is 0 Å². The van der Waals surface area contributed by atoms with Crippen LogP contribution in [0.3, 0.4) is 0 Å². The van der Waals surface area contributed by atoms with E-state index in [9.17, 15) is 4.79 Å². The lowest BCUT2D eigenvalue weighted by molar-refractivity contribution is 0.106. The normalized spacial score (nSPS) is 13.4. The van der Waals surface area contributed by atoms with Gasteiger partial charge in [0.25, 0.3) is 0 Å². The van der Waals surface area contributed by atoms with Crippen LogP contribution in [0.1, 0.15) is 10.4 Å². The fraction of sp³-hybridized carbons (Fsp3) is 0. The molecule has 0 bridgehead atoms. The van der Waals surface area contributed by atoms with E-state index in [0.29, 0.717) is 17.0 Å². The minimum absolute atomic E-state index is 0.135. The number of rotatable bonds is 2. The molecule has 14 heavy (non-hydrogen) atoms. The Morgan fingerprint density at radius 3 is 2.50 bits per heavy atom. The molecule has 0 N–H and O–H groups in total. The third-order valence-corrected chi connectivity index (χ3v) is 1.90. The molecule has 0 saturated carbocycles. The van der Waals surface area contributed by atoms with Crippen LogP contribution in [0.25, 0.3) is 0 Å². The highest BCUT2D eigenvalue weighted by Crippen LogP contribution is 2.12. The molecule has 0 aliphatic carbocycles. The molecular formula is C11H6N2O. The Labute approximate surface area is 81.0 Å². The zero-order valence-electron chi connectivity index (χ0n) is 7.27. The molecule has 66 valence electrons. The standard InChI is InChI=1S/C11H6N2O/c12-7-9-6-10(13-9)11(14)8-4-2-1-3-5-8/h1-6H. The molecule has 0 amide bonds. The van der Waals surface area contributed by atoms with Gasteiger partial charge >= 0.3 is 0 Å². The van der Waals surface area contributed by atoms with Crippen LogP contribution in [-0.4, -0.2) is 11.5 Å². The predicted octanol–water partition coefficient (Wildman–Crippen LogP) is 1.73. The van der Waals surface area contributed by atoms with E-state index in [1.54, 1.807) is 24.3 Å². The summed E-state index contributed by atoms with van der Waals surface area (Å²) in [5.41, 5.74) is 1.26. The van der Waals surface area contributed by atoms with E-state index in [4.69, 9.17) is 5.26 Å². The number of carbonyl (C=O) groups excluding carboxylic acids is 1. The molecule has 3 nitrogen and oxygen atoms in total. The first kappa shape index (κ1) is 8.39. The van der Waals surface area contributed by atoms with Gasteiger partial charge in [-0.3, -0.25) is 4.79 Å². The van der Waals surface area contributed by atoms with Crippen molar-refractivity contribution in [2.75, 3.05) is 0 Å². The van der Waals surface area contributed by atoms with Crippen LogP contribution in [0.4, 0.5) is 0 Å². The van der Waals surface area contributed by atoms with Gasteiger partial charge in [-0.2, -0.15) is 5.26 Å². The van der Waals surface area contributed by atoms with E-state index in [2.05, 4.69) is 4.99 Å². The second kappa shape index (κ2) is 3.27. The van der Waals surface area contributed by atoms with Crippen LogP contribution < -0.4 is 0 Å². The minimum Gasteiger partial charge on any atom is -0.287 e. The van der Waals surface area contributed by atoms with Gasteiger partial charge in [-0.15, -0.1) is 0 Å². The molecule has 1 aromatic rings. The van der Waals surface area contributed by atoms with Gasteiger partial charge in [0.15, 0.2) is 0 Å². The lowest BCUT2D eigenvalue weighted by atomic mass is 10.0. The van der Waals surface area contributed by atoms with Crippen molar-refractivity contribution in [3.8, 4) is 6.07 Å². The topological polar surface area (TPSA) is 53.2 Å². The maximum absolute atomic E-state index is 11.6. The lowest BCUT2D eigenvalue weighted by Gasteiger charge is -2.06. The predicted molar refractivity (Wildman–Crippen MR) is 51.9 cm³/mol. The van der Waals surface area contributed by atoms with Gasteiger partial charge in [0.05, 0.1) is 0 Å². The summed E-state index contributed by atoms with van der Waals surface area (Å²) in [7, 11) is 0. The first-order chi connectivity index (χ1) is 6.81. The summed E-state index contributed by atoms with van der Waals surface area (Å²) in [5, 5.41) is 8.42. The Morgan fingerprint density at radius 1 is 1.29 bits per heavy atom. The van der Waals surface area contributed by atoms with Gasteiger partial charge < -0.3 is 0 Å². The minimum atomic E-state index is -0.135. The summed E-state index contributed by atoms with van der Waals surface area (Å²) in [6.07, 6.45) is 1.50. The Morgan fingerprint density at radius 2 is 1.93 bits per heavy atom. The summed E-state index contributed by atoms with van der Waals surface area (Å²) >= 11 is 0. The highest BCUT2D eigenvalue weighted by Gasteiger charge is 2.18. The fourth-order valence-corrected chi connectivity index (χ4v) is 1.17. The Kier molecular flexibility index (Phi) is 1.96. The molecule has 1 aromatic carbocycles. The molecule has 1 aliphatic rings.